The second-order valence-corrected chi connectivity index (χ2v) is 7.20. The number of rotatable bonds is 5. The SMILES string of the molecule is CN(Cc1nnn(-c2cccc(I)c2)n1)c1nnc(-c2ccncc2)n1C. The molecule has 0 saturated carbocycles. The summed E-state index contributed by atoms with van der Waals surface area (Å²) in [7, 11) is 3.85. The van der Waals surface area contributed by atoms with E-state index in [9.17, 15) is 0 Å². The topological polar surface area (TPSA) is 90.4 Å². The van der Waals surface area contributed by atoms with Crippen LogP contribution in [0.3, 0.4) is 0 Å². The van der Waals surface area contributed by atoms with Crippen molar-refractivity contribution in [2.75, 3.05) is 11.9 Å². The van der Waals surface area contributed by atoms with Crippen LogP contribution in [0.1, 0.15) is 5.82 Å². The van der Waals surface area contributed by atoms with Crippen LogP contribution in [0.4, 0.5) is 5.95 Å². The summed E-state index contributed by atoms with van der Waals surface area (Å²) in [4.78, 5) is 7.51. The second-order valence-electron chi connectivity index (χ2n) is 5.95. The van der Waals surface area contributed by atoms with Crippen LogP contribution in [0.2, 0.25) is 0 Å². The van der Waals surface area contributed by atoms with Gasteiger partial charge in [-0.05, 0) is 58.1 Å². The maximum absolute atomic E-state index is 4.47. The number of halogens is 1. The van der Waals surface area contributed by atoms with Crippen LogP contribution < -0.4 is 4.90 Å². The molecule has 10 heteroatoms. The van der Waals surface area contributed by atoms with Crippen molar-refractivity contribution in [3.05, 3.63) is 58.2 Å². The Labute approximate surface area is 169 Å². The molecule has 0 aliphatic rings. The molecule has 0 N–H and O–H groups in total. The van der Waals surface area contributed by atoms with Gasteiger partial charge < -0.3 is 4.90 Å². The van der Waals surface area contributed by atoms with E-state index < -0.39 is 0 Å². The van der Waals surface area contributed by atoms with E-state index in [0.717, 1.165) is 20.6 Å². The number of hydrogen-bond acceptors (Lipinski definition) is 7. The first-order valence-electron chi connectivity index (χ1n) is 8.17. The van der Waals surface area contributed by atoms with E-state index in [1.165, 1.54) is 4.80 Å². The van der Waals surface area contributed by atoms with Gasteiger partial charge in [-0.3, -0.25) is 9.55 Å². The molecule has 0 fully saturated rings. The molecular weight excluding hydrogens is 457 g/mol. The molecule has 4 rings (SSSR count). The predicted molar refractivity (Wildman–Crippen MR) is 108 cm³/mol. The van der Waals surface area contributed by atoms with Gasteiger partial charge in [0.15, 0.2) is 11.6 Å². The highest BCUT2D eigenvalue weighted by molar-refractivity contribution is 14.1. The molecule has 0 unspecified atom stereocenters. The molecule has 0 atom stereocenters. The second kappa shape index (κ2) is 7.39. The fourth-order valence-corrected chi connectivity index (χ4v) is 3.23. The summed E-state index contributed by atoms with van der Waals surface area (Å²) in [5, 5.41) is 21.4. The minimum atomic E-state index is 0.465. The molecule has 3 aromatic heterocycles. The maximum Gasteiger partial charge on any atom is 0.227 e. The van der Waals surface area contributed by atoms with E-state index in [1.807, 2.05) is 60.0 Å². The lowest BCUT2D eigenvalue weighted by Gasteiger charge is -2.15. The van der Waals surface area contributed by atoms with Gasteiger partial charge in [0, 0.05) is 35.6 Å². The number of hydrogen-bond donors (Lipinski definition) is 0. The molecule has 9 nitrogen and oxygen atoms in total. The van der Waals surface area contributed by atoms with E-state index in [-0.39, 0.29) is 0 Å². The van der Waals surface area contributed by atoms with Crippen LogP contribution in [0.25, 0.3) is 17.1 Å². The van der Waals surface area contributed by atoms with Gasteiger partial charge in [-0.25, -0.2) is 0 Å². The van der Waals surface area contributed by atoms with Crippen molar-refractivity contribution in [1.82, 2.24) is 40.0 Å². The third-order valence-electron chi connectivity index (χ3n) is 4.00. The molecule has 0 bridgehead atoms. The first-order chi connectivity index (χ1) is 13.1. The first-order valence-corrected chi connectivity index (χ1v) is 9.25. The van der Waals surface area contributed by atoms with E-state index in [2.05, 4.69) is 53.2 Å². The lowest BCUT2D eigenvalue weighted by molar-refractivity contribution is 0.714. The van der Waals surface area contributed by atoms with Crippen LogP contribution in [0.5, 0.6) is 0 Å². The molecule has 4 aromatic rings. The fourth-order valence-electron chi connectivity index (χ4n) is 2.71. The number of pyridine rings is 1. The van der Waals surface area contributed by atoms with Crippen LogP contribution in [-0.2, 0) is 13.6 Å². The Bertz CT molecular complexity index is 1060. The standard InChI is InChI=1S/C17H16IN9/c1-25(17-22-21-16(26(17)2)12-6-8-19-9-7-12)11-15-20-24-27(23-15)14-5-3-4-13(18)10-14/h3-10H,11H2,1-2H3. The van der Waals surface area contributed by atoms with Crippen LogP contribution >= 0.6 is 22.6 Å². The zero-order chi connectivity index (χ0) is 18.8. The summed E-state index contributed by atoms with van der Waals surface area (Å²) in [6.07, 6.45) is 3.47. The minimum absolute atomic E-state index is 0.465. The fraction of sp³-hybridized carbons (Fsp3) is 0.176. The van der Waals surface area contributed by atoms with Gasteiger partial charge in [0.1, 0.15) is 0 Å². The lowest BCUT2D eigenvalue weighted by Crippen LogP contribution is -2.21. The zero-order valence-corrected chi connectivity index (χ0v) is 16.9. The lowest BCUT2D eigenvalue weighted by atomic mass is 10.2. The monoisotopic (exact) mass is 473 g/mol. The zero-order valence-electron chi connectivity index (χ0n) is 14.7. The van der Waals surface area contributed by atoms with Crippen LogP contribution in [-0.4, -0.2) is 47.0 Å². The van der Waals surface area contributed by atoms with Gasteiger partial charge in [-0.1, -0.05) is 6.07 Å². The van der Waals surface area contributed by atoms with Crippen LogP contribution in [0, 0.1) is 3.57 Å². The third-order valence-corrected chi connectivity index (χ3v) is 4.68. The molecule has 136 valence electrons. The smallest absolute Gasteiger partial charge is 0.227 e. The summed E-state index contributed by atoms with van der Waals surface area (Å²) >= 11 is 2.26. The van der Waals surface area contributed by atoms with E-state index in [0.29, 0.717) is 18.3 Å². The Kier molecular flexibility index (Phi) is 4.79. The molecule has 0 aliphatic heterocycles. The number of aromatic nitrogens is 8. The van der Waals surface area contributed by atoms with Gasteiger partial charge in [-0.15, -0.1) is 25.2 Å². The largest absolute Gasteiger partial charge is 0.336 e. The molecular formula is C17H16IN9. The summed E-state index contributed by atoms with van der Waals surface area (Å²) in [5.74, 6) is 2.09. The van der Waals surface area contributed by atoms with Crippen molar-refractivity contribution in [2.45, 2.75) is 6.54 Å². The number of tetrazole rings is 1. The normalized spacial score (nSPS) is 10.9. The van der Waals surface area contributed by atoms with Crippen molar-refractivity contribution < 1.29 is 0 Å². The Morgan fingerprint density at radius 1 is 1.07 bits per heavy atom. The summed E-state index contributed by atoms with van der Waals surface area (Å²) in [5.41, 5.74) is 1.84. The quantitative estimate of drug-likeness (QED) is 0.410. The number of benzene rings is 1. The van der Waals surface area contributed by atoms with Gasteiger partial charge in [0.2, 0.25) is 5.95 Å². The van der Waals surface area contributed by atoms with Gasteiger partial charge in [0.05, 0.1) is 12.2 Å². The average Bonchev–Trinajstić information content (AvgIpc) is 3.29. The van der Waals surface area contributed by atoms with Crippen molar-refractivity contribution >= 4 is 28.5 Å². The van der Waals surface area contributed by atoms with Gasteiger partial charge in [-0.2, -0.15) is 0 Å². The van der Waals surface area contributed by atoms with E-state index in [1.54, 1.807) is 12.4 Å². The molecule has 0 aliphatic carbocycles. The van der Waals surface area contributed by atoms with E-state index in [4.69, 9.17) is 0 Å². The Hall–Kier alpha value is -2.89. The molecule has 27 heavy (non-hydrogen) atoms. The molecule has 3 heterocycles. The third kappa shape index (κ3) is 3.65. The summed E-state index contributed by atoms with van der Waals surface area (Å²) < 4.78 is 3.04. The molecule has 0 spiro atoms. The average molecular weight is 473 g/mol. The highest BCUT2D eigenvalue weighted by Crippen LogP contribution is 2.20. The first kappa shape index (κ1) is 17.5. The Morgan fingerprint density at radius 2 is 1.89 bits per heavy atom. The van der Waals surface area contributed by atoms with E-state index >= 15 is 0 Å². The molecule has 0 saturated heterocycles. The number of anilines is 1. The van der Waals surface area contributed by atoms with Crippen molar-refractivity contribution in [3.63, 3.8) is 0 Å². The molecule has 1 aromatic carbocycles. The molecule has 0 amide bonds. The highest BCUT2D eigenvalue weighted by atomic mass is 127. The van der Waals surface area contributed by atoms with Crippen molar-refractivity contribution in [1.29, 1.82) is 0 Å². The van der Waals surface area contributed by atoms with Crippen LogP contribution in [0.15, 0.2) is 48.8 Å². The summed E-state index contributed by atoms with van der Waals surface area (Å²) in [6.45, 7) is 0.465. The number of nitrogens with zero attached hydrogens (tertiary/aromatic N) is 9. The van der Waals surface area contributed by atoms with Gasteiger partial charge >= 0.3 is 0 Å². The summed E-state index contributed by atoms with van der Waals surface area (Å²) in [6, 6.07) is 11.7. The Morgan fingerprint density at radius 3 is 2.67 bits per heavy atom. The highest BCUT2D eigenvalue weighted by Gasteiger charge is 2.16. The van der Waals surface area contributed by atoms with Crippen molar-refractivity contribution in [2.24, 2.45) is 7.05 Å². The van der Waals surface area contributed by atoms with Crippen molar-refractivity contribution in [3.8, 4) is 17.1 Å². The maximum atomic E-state index is 4.47. The Balaban J connectivity index is 1.53. The predicted octanol–water partition coefficient (Wildman–Crippen LogP) is 2.09. The van der Waals surface area contributed by atoms with Gasteiger partial charge in [0.25, 0.3) is 0 Å². The minimum Gasteiger partial charge on any atom is -0.336 e. The molecule has 0 radical (unpaired) electrons.